The van der Waals surface area contributed by atoms with Gasteiger partial charge in [0.15, 0.2) is 0 Å². The van der Waals surface area contributed by atoms with Crippen LogP contribution in [0.2, 0.25) is 0 Å². The van der Waals surface area contributed by atoms with E-state index in [4.69, 9.17) is 0 Å². The lowest BCUT2D eigenvalue weighted by Gasteiger charge is -2.30. The highest BCUT2D eigenvalue weighted by atomic mass is 16.4. The van der Waals surface area contributed by atoms with Gasteiger partial charge < -0.3 is 10.4 Å². The van der Waals surface area contributed by atoms with Crippen LogP contribution in [0.1, 0.15) is 35.1 Å². The van der Waals surface area contributed by atoms with Crippen molar-refractivity contribution in [3.05, 3.63) is 64.7 Å². The Kier molecular flexibility index (Phi) is 5.28. The van der Waals surface area contributed by atoms with Crippen molar-refractivity contribution in [1.82, 2.24) is 10.2 Å². The fraction of sp³-hybridized carbons (Fsp3) is 0.385. The molecule has 3 heterocycles. The predicted molar refractivity (Wildman–Crippen MR) is 124 cm³/mol. The van der Waals surface area contributed by atoms with E-state index in [1.807, 2.05) is 56.3 Å². The molecule has 2 fully saturated rings. The van der Waals surface area contributed by atoms with E-state index in [2.05, 4.69) is 10.6 Å². The second kappa shape index (κ2) is 8.06. The normalized spacial score (nSPS) is 27.3. The van der Waals surface area contributed by atoms with Crippen molar-refractivity contribution in [3.63, 3.8) is 0 Å². The molecule has 2 aromatic rings. The summed E-state index contributed by atoms with van der Waals surface area (Å²) in [7, 11) is 0. The SMILES string of the molecule is Cc1cc(C)c2c(c1)[C@@]1(N[C@H](CCC(=O)O)[C@H]3C(=O)N(CCc4ccccc4)C(=O)[C@H]31)C(=O)N2. The number of likely N-dealkylation sites (tertiary alicyclic amines) is 1. The van der Waals surface area contributed by atoms with Gasteiger partial charge in [0.25, 0.3) is 0 Å². The van der Waals surface area contributed by atoms with E-state index >= 15 is 0 Å². The molecule has 8 heteroatoms. The molecule has 3 amide bonds. The van der Waals surface area contributed by atoms with Crippen molar-refractivity contribution >= 4 is 29.4 Å². The maximum Gasteiger partial charge on any atom is 0.303 e. The van der Waals surface area contributed by atoms with E-state index in [0.29, 0.717) is 17.7 Å². The lowest BCUT2D eigenvalue weighted by molar-refractivity contribution is -0.143. The molecule has 0 radical (unpaired) electrons. The van der Waals surface area contributed by atoms with Crippen molar-refractivity contribution in [2.45, 2.75) is 44.7 Å². The van der Waals surface area contributed by atoms with Gasteiger partial charge in [-0.05, 0) is 37.8 Å². The number of amides is 3. The molecule has 8 nitrogen and oxygen atoms in total. The molecule has 0 saturated carbocycles. The van der Waals surface area contributed by atoms with Crippen LogP contribution in [0.4, 0.5) is 5.69 Å². The monoisotopic (exact) mass is 461 g/mol. The smallest absolute Gasteiger partial charge is 0.303 e. The first-order valence-electron chi connectivity index (χ1n) is 11.6. The van der Waals surface area contributed by atoms with Crippen LogP contribution in [0.25, 0.3) is 0 Å². The zero-order chi connectivity index (χ0) is 24.2. The first kappa shape index (κ1) is 22.3. The fourth-order valence-corrected chi connectivity index (χ4v) is 5.95. The number of carboxylic acid groups (broad SMARTS) is 1. The number of benzene rings is 2. The number of fused-ring (bicyclic) bond motifs is 4. The molecule has 2 saturated heterocycles. The topological polar surface area (TPSA) is 116 Å². The Labute approximate surface area is 197 Å². The molecule has 0 bridgehead atoms. The molecule has 3 aliphatic heterocycles. The number of imide groups is 1. The zero-order valence-electron chi connectivity index (χ0n) is 19.1. The highest BCUT2D eigenvalue weighted by Gasteiger charge is 2.70. The highest BCUT2D eigenvalue weighted by molar-refractivity contribution is 6.15. The molecule has 1 spiro atoms. The van der Waals surface area contributed by atoms with Gasteiger partial charge in [-0.25, -0.2) is 0 Å². The van der Waals surface area contributed by atoms with Gasteiger partial charge in [-0.1, -0.05) is 48.0 Å². The van der Waals surface area contributed by atoms with Crippen molar-refractivity contribution in [2.24, 2.45) is 11.8 Å². The Hall–Kier alpha value is -3.52. The summed E-state index contributed by atoms with van der Waals surface area (Å²) in [5.74, 6) is -3.78. The molecule has 176 valence electrons. The summed E-state index contributed by atoms with van der Waals surface area (Å²) in [5, 5.41) is 15.5. The second-order valence-electron chi connectivity index (χ2n) is 9.52. The molecule has 4 atom stereocenters. The van der Waals surface area contributed by atoms with E-state index in [1.54, 1.807) is 0 Å². The Bertz CT molecular complexity index is 1210. The quantitative estimate of drug-likeness (QED) is 0.568. The molecule has 5 rings (SSSR count). The summed E-state index contributed by atoms with van der Waals surface area (Å²) in [5.41, 5.74) is 2.75. The third kappa shape index (κ3) is 3.24. The van der Waals surface area contributed by atoms with Crippen molar-refractivity contribution in [1.29, 1.82) is 0 Å². The standard InChI is InChI=1S/C26H27N3O5/c1-14-12-15(2)22-17(13-14)26(25(34)27-22)21-20(18(28-26)8-9-19(30)31)23(32)29(24(21)33)11-10-16-6-4-3-5-7-16/h3-7,12-13,18,20-21,28H,8-11H2,1-2H3,(H,27,34)(H,30,31)/t18-,20-,21+,26+/m1/s1. The number of nitrogens with zero attached hydrogens (tertiary/aromatic N) is 1. The van der Waals surface area contributed by atoms with Gasteiger partial charge in [-0.3, -0.25) is 29.4 Å². The number of hydrogen-bond donors (Lipinski definition) is 3. The predicted octanol–water partition coefficient (Wildman–Crippen LogP) is 2.13. The maximum atomic E-state index is 13.8. The van der Waals surface area contributed by atoms with Gasteiger partial charge in [0, 0.05) is 30.3 Å². The van der Waals surface area contributed by atoms with Crippen molar-refractivity contribution in [2.75, 3.05) is 11.9 Å². The van der Waals surface area contributed by atoms with Gasteiger partial charge in [0.05, 0.1) is 11.8 Å². The van der Waals surface area contributed by atoms with Crippen LogP contribution in [0.3, 0.4) is 0 Å². The van der Waals surface area contributed by atoms with Crippen LogP contribution in [-0.2, 0) is 31.1 Å². The van der Waals surface area contributed by atoms with E-state index in [9.17, 15) is 24.3 Å². The zero-order valence-corrected chi connectivity index (χ0v) is 19.1. The van der Waals surface area contributed by atoms with Crippen molar-refractivity contribution < 1.29 is 24.3 Å². The summed E-state index contributed by atoms with van der Waals surface area (Å²) < 4.78 is 0. The number of carboxylic acids is 1. The van der Waals surface area contributed by atoms with Crippen LogP contribution < -0.4 is 10.6 Å². The third-order valence-corrected chi connectivity index (χ3v) is 7.39. The molecule has 0 unspecified atom stereocenters. The Morgan fingerprint density at radius 1 is 1.09 bits per heavy atom. The third-order valence-electron chi connectivity index (χ3n) is 7.39. The minimum atomic E-state index is -1.39. The molecule has 0 aliphatic carbocycles. The molecule has 2 aromatic carbocycles. The van der Waals surface area contributed by atoms with Crippen LogP contribution >= 0.6 is 0 Å². The fourth-order valence-electron chi connectivity index (χ4n) is 5.95. The largest absolute Gasteiger partial charge is 0.481 e. The number of anilines is 1. The van der Waals surface area contributed by atoms with Gasteiger partial charge in [0.1, 0.15) is 5.54 Å². The minimum Gasteiger partial charge on any atom is -0.481 e. The van der Waals surface area contributed by atoms with E-state index in [-0.39, 0.29) is 37.1 Å². The molecule has 3 N–H and O–H groups in total. The average Bonchev–Trinajstić information content (AvgIpc) is 3.37. The first-order chi connectivity index (χ1) is 16.2. The Balaban J connectivity index is 1.55. The number of carbonyl (C=O) groups is 4. The van der Waals surface area contributed by atoms with E-state index in [1.165, 1.54) is 4.90 Å². The lowest BCUT2D eigenvalue weighted by atomic mass is 9.75. The number of aliphatic carboxylic acids is 1. The maximum absolute atomic E-state index is 13.8. The summed E-state index contributed by atoms with van der Waals surface area (Å²) in [6.07, 6.45) is 0.500. The van der Waals surface area contributed by atoms with Crippen LogP contribution in [0.5, 0.6) is 0 Å². The van der Waals surface area contributed by atoms with Gasteiger partial charge >= 0.3 is 5.97 Å². The highest BCUT2D eigenvalue weighted by Crippen LogP contribution is 2.54. The average molecular weight is 462 g/mol. The van der Waals surface area contributed by atoms with Gasteiger partial charge in [0.2, 0.25) is 17.7 Å². The number of hydrogen-bond acceptors (Lipinski definition) is 5. The summed E-state index contributed by atoms with van der Waals surface area (Å²) >= 11 is 0. The molecule has 0 aromatic heterocycles. The van der Waals surface area contributed by atoms with Gasteiger partial charge in [-0.15, -0.1) is 0 Å². The number of carbonyl (C=O) groups excluding carboxylic acids is 3. The Morgan fingerprint density at radius 2 is 1.82 bits per heavy atom. The lowest BCUT2D eigenvalue weighted by Crippen LogP contribution is -2.53. The van der Waals surface area contributed by atoms with Gasteiger partial charge in [-0.2, -0.15) is 0 Å². The molecule has 3 aliphatic rings. The summed E-state index contributed by atoms with van der Waals surface area (Å²) in [4.78, 5) is 53.4. The first-order valence-corrected chi connectivity index (χ1v) is 11.6. The van der Waals surface area contributed by atoms with Crippen LogP contribution in [0, 0.1) is 25.7 Å². The Morgan fingerprint density at radius 3 is 2.53 bits per heavy atom. The van der Waals surface area contributed by atoms with E-state index < -0.39 is 29.4 Å². The summed E-state index contributed by atoms with van der Waals surface area (Å²) in [6, 6.07) is 12.8. The van der Waals surface area contributed by atoms with Crippen LogP contribution in [-0.4, -0.2) is 46.3 Å². The van der Waals surface area contributed by atoms with E-state index in [0.717, 1.165) is 16.7 Å². The molecular weight excluding hydrogens is 434 g/mol. The second-order valence-corrected chi connectivity index (χ2v) is 9.52. The number of nitrogens with one attached hydrogen (secondary N) is 2. The number of aryl methyl sites for hydroxylation is 2. The number of rotatable bonds is 6. The minimum absolute atomic E-state index is 0.150. The van der Waals surface area contributed by atoms with Crippen LogP contribution in [0.15, 0.2) is 42.5 Å². The molecular formula is C26H27N3O5. The summed E-state index contributed by atoms with van der Waals surface area (Å²) in [6.45, 7) is 4.04. The van der Waals surface area contributed by atoms with Crippen molar-refractivity contribution in [3.8, 4) is 0 Å². The molecule has 34 heavy (non-hydrogen) atoms.